The first-order valence-corrected chi connectivity index (χ1v) is 10.5. The van der Waals surface area contributed by atoms with Crippen LogP contribution in [0.15, 0.2) is 60.7 Å². The van der Waals surface area contributed by atoms with Gasteiger partial charge in [-0.3, -0.25) is 0 Å². The molecule has 0 radical (unpaired) electrons. The molecule has 0 amide bonds. The third kappa shape index (κ3) is 2.83. The van der Waals surface area contributed by atoms with Crippen LogP contribution in [-0.2, 0) is 0 Å². The molecule has 0 saturated heterocycles. The van der Waals surface area contributed by atoms with Gasteiger partial charge in [-0.05, 0) is 17.2 Å². The zero-order valence-electron chi connectivity index (χ0n) is 9.14. The Hall–Kier alpha value is -0.863. The molecule has 0 unspecified atom stereocenters. The summed E-state index contributed by atoms with van der Waals surface area (Å²) < 4.78 is 0. The van der Waals surface area contributed by atoms with E-state index in [4.69, 9.17) is 0 Å². The van der Waals surface area contributed by atoms with Gasteiger partial charge >= 0.3 is 0 Å². The maximum absolute atomic E-state index is 3.68. The van der Waals surface area contributed by atoms with Gasteiger partial charge in [0.2, 0.25) is 0 Å². The summed E-state index contributed by atoms with van der Waals surface area (Å²) in [6, 6.07) is 22.9. The third-order valence-corrected chi connectivity index (χ3v) is 4.97. The number of hydrogen-bond donors (Lipinski definition) is 0. The Balaban J connectivity index is 2.31. The van der Waals surface area contributed by atoms with Gasteiger partial charge < -0.3 is 0 Å². The van der Waals surface area contributed by atoms with Crippen LogP contribution in [0.1, 0.15) is 17.0 Å². The predicted octanol–water partition coefficient (Wildman–Crippen LogP) is 3.72. The molecule has 16 heavy (non-hydrogen) atoms. The molecule has 2 aromatic rings. The molecule has 0 nitrogen and oxygen atoms in total. The highest BCUT2D eigenvalue weighted by Gasteiger charge is 2.12. The molecular weight excluding hydrogens is 276 g/mol. The van der Waals surface area contributed by atoms with Crippen LogP contribution in [0.25, 0.3) is 0 Å². The van der Waals surface area contributed by atoms with Crippen LogP contribution in [0.3, 0.4) is 0 Å². The maximum atomic E-state index is 3.68. The Labute approximate surface area is 107 Å². The summed E-state index contributed by atoms with van der Waals surface area (Å²) in [4.78, 5) is 0. The second-order valence-corrected chi connectivity index (χ2v) is 7.19. The SMILES string of the molecule is Br[SiH2]CC(c1ccccc1)c1ccccc1. The van der Waals surface area contributed by atoms with E-state index >= 15 is 0 Å². The fourth-order valence-corrected chi connectivity index (χ4v) is 4.26. The Kier molecular flexibility index (Phi) is 4.37. The second-order valence-electron chi connectivity index (χ2n) is 3.85. The average Bonchev–Trinajstić information content (AvgIpc) is 2.38. The first kappa shape index (κ1) is 11.6. The highest BCUT2D eigenvalue weighted by atomic mass is 79.9. The lowest BCUT2D eigenvalue weighted by Gasteiger charge is -2.16. The largest absolute Gasteiger partial charge is 0.135 e. The minimum atomic E-state index is -0.109. The van der Waals surface area contributed by atoms with Gasteiger partial charge in [-0.1, -0.05) is 60.7 Å². The maximum Gasteiger partial charge on any atom is 0.0994 e. The molecule has 0 spiro atoms. The minimum absolute atomic E-state index is 0.109. The van der Waals surface area contributed by atoms with Gasteiger partial charge in [0.05, 0.1) is 8.14 Å². The van der Waals surface area contributed by atoms with Gasteiger partial charge in [-0.25, -0.2) is 0 Å². The molecular formula is C14H15BrSi. The summed E-state index contributed by atoms with van der Waals surface area (Å²) in [5.74, 6) is 0.563. The van der Waals surface area contributed by atoms with Crippen LogP contribution < -0.4 is 0 Å². The molecule has 0 aliphatic rings. The zero-order chi connectivity index (χ0) is 11.2. The van der Waals surface area contributed by atoms with Crippen molar-refractivity contribution in [2.45, 2.75) is 12.0 Å². The highest BCUT2D eigenvalue weighted by molar-refractivity contribution is 9.23. The van der Waals surface area contributed by atoms with Crippen molar-refractivity contribution in [2.75, 3.05) is 0 Å². The van der Waals surface area contributed by atoms with Crippen molar-refractivity contribution in [2.24, 2.45) is 0 Å². The molecule has 2 aromatic carbocycles. The van der Waals surface area contributed by atoms with Gasteiger partial charge in [-0.15, -0.1) is 15.3 Å². The monoisotopic (exact) mass is 290 g/mol. The zero-order valence-corrected chi connectivity index (χ0v) is 12.1. The molecule has 0 aromatic heterocycles. The summed E-state index contributed by atoms with van der Waals surface area (Å²) in [6.45, 7) is 0. The number of halogens is 1. The molecule has 2 rings (SSSR count). The molecule has 2 heteroatoms. The van der Waals surface area contributed by atoms with Gasteiger partial charge in [0.1, 0.15) is 0 Å². The molecule has 0 fully saturated rings. The van der Waals surface area contributed by atoms with Gasteiger partial charge in [0, 0.05) is 5.92 Å². The van der Waals surface area contributed by atoms with E-state index in [1.807, 2.05) is 0 Å². The van der Waals surface area contributed by atoms with Crippen LogP contribution in [0, 0.1) is 0 Å². The summed E-state index contributed by atoms with van der Waals surface area (Å²) in [5, 5.41) is 0. The van der Waals surface area contributed by atoms with E-state index in [0.29, 0.717) is 5.92 Å². The molecule has 0 heterocycles. The van der Waals surface area contributed by atoms with Gasteiger partial charge in [-0.2, -0.15) is 0 Å². The summed E-state index contributed by atoms with van der Waals surface area (Å²) >= 11 is 3.68. The van der Waals surface area contributed by atoms with E-state index in [1.165, 1.54) is 17.2 Å². The highest BCUT2D eigenvalue weighted by Crippen LogP contribution is 2.28. The number of hydrogen-bond acceptors (Lipinski definition) is 0. The van der Waals surface area contributed by atoms with Crippen LogP contribution in [-0.4, -0.2) is 8.14 Å². The summed E-state index contributed by atoms with van der Waals surface area (Å²) in [7, 11) is -0.109. The normalized spacial score (nSPS) is 11.4. The van der Waals surface area contributed by atoms with E-state index in [9.17, 15) is 0 Å². The molecule has 0 aliphatic heterocycles. The average molecular weight is 291 g/mol. The predicted molar refractivity (Wildman–Crippen MR) is 77.0 cm³/mol. The Morgan fingerprint density at radius 1 is 0.812 bits per heavy atom. The van der Waals surface area contributed by atoms with Crippen molar-refractivity contribution >= 4 is 23.4 Å². The second kappa shape index (κ2) is 6.02. The Morgan fingerprint density at radius 3 is 1.62 bits per heavy atom. The lowest BCUT2D eigenvalue weighted by atomic mass is 9.93. The van der Waals surface area contributed by atoms with Crippen LogP contribution in [0.2, 0.25) is 6.04 Å². The lowest BCUT2D eigenvalue weighted by molar-refractivity contribution is 0.918. The fraction of sp³-hybridized carbons (Fsp3) is 0.143. The fourth-order valence-electron chi connectivity index (χ4n) is 2.01. The first-order chi connectivity index (χ1) is 7.92. The van der Waals surface area contributed by atoms with Crippen molar-refractivity contribution in [1.82, 2.24) is 0 Å². The van der Waals surface area contributed by atoms with Crippen molar-refractivity contribution in [3.63, 3.8) is 0 Å². The standard InChI is InChI=1S/C14H15BrSi/c15-16-11-14(12-7-3-1-4-8-12)13-9-5-2-6-10-13/h1-10,14H,11,16H2. The molecule has 0 saturated carbocycles. The number of benzene rings is 2. The summed E-state index contributed by atoms with van der Waals surface area (Å²) in [6.07, 6.45) is 0. The quantitative estimate of drug-likeness (QED) is 0.595. The number of rotatable bonds is 4. The van der Waals surface area contributed by atoms with Crippen molar-refractivity contribution in [3.05, 3.63) is 71.8 Å². The van der Waals surface area contributed by atoms with Gasteiger partial charge in [0.25, 0.3) is 0 Å². The minimum Gasteiger partial charge on any atom is -0.135 e. The van der Waals surface area contributed by atoms with Crippen molar-refractivity contribution in [3.8, 4) is 0 Å². The smallest absolute Gasteiger partial charge is 0.0994 e. The van der Waals surface area contributed by atoms with E-state index < -0.39 is 0 Å². The Bertz CT molecular complexity index is 374. The molecule has 0 N–H and O–H groups in total. The van der Waals surface area contributed by atoms with Crippen molar-refractivity contribution in [1.29, 1.82) is 0 Å². The molecule has 0 atom stereocenters. The first-order valence-electron chi connectivity index (χ1n) is 5.57. The molecule has 0 bridgehead atoms. The third-order valence-electron chi connectivity index (χ3n) is 2.80. The topological polar surface area (TPSA) is 0 Å². The molecule has 82 valence electrons. The van der Waals surface area contributed by atoms with E-state index in [0.717, 1.165) is 0 Å². The lowest BCUT2D eigenvalue weighted by Crippen LogP contribution is -2.01. The van der Waals surface area contributed by atoms with E-state index in [-0.39, 0.29) is 8.14 Å². The van der Waals surface area contributed by atoms with Gasteiger partial charge in [0.15, 0.2) is 0 Å². The van der Waals surface area contributed by atoms with Crippen LogP contribution >= 0.6 is 15.3 Å². The van der Waals surface area contributed by atoms with Crippen LogP contribution in [0.4, 0.5) is 0 Å². The van der Waals surface area contributed by atoms with E-state index in [2.05, 4.69) is 76.0 Å². The molecule has 0 aliphatic carbocycles. The van der Waals surface area contributed by atoms with Crippen LogP contribution in [0.5, 0.6) is 0 Å². The van der Waals surface area contributed by atoms with E-state index in [1.54, 1.807) is 0 Å². The van der Waals surface area contributed by atoms with Crippen molar-refractivity contribution < 1.29 is 0 Å². The summed E-state index contributed by atoms with van der Waals surface area (Å²) in [5.41, 5.74) is 2.86. The Morgan fingerprint density at radius 2 is 1.25 bits per heavy atom.